The maximum Gasteiger partial charge on any atom is 0.416 e. The van der Waals surface area contributed by atoms with Gasteiger partial charge >= 0.3 is 12.1 Å². The van der Waals surface area contributed by atoms with Gasteiger partial charge < -0.3 is 15.5 Å². The lowest BCUT2D eigenvalue weighted by Gasteiger charge is -2.15. The molecule has 7 nitrogen and oxygen atoms in total. The molecule has 2 aromatic rings. The van der Waals surface area contributed by atoms with Gasteiger partial charge in [0.2, 0.25) is 9.84 Å². The van der Waals surface area contributed by atoms with E-state index in [2.05, 4.69) is 5.32 Å². The number of sulfone groups is 1. The molecule has 0 aliphatic heterocycles. The van der Waals surface area contributed by atoms with Crippen LogP contribution in [0.2, 0.25) is 0 Å². The summed E-state index contributed by atoms with van der Waals surface area (Å²) in [4.78, 5) is 22.8. The van der Waals surface area contributed by atoms with E-state index in [0.717, 1.165) is 32.0 Å². The molecule has 1 amide bonds. The van der Waals surface area contributed by atoms with E-state index in [1.165, 1.54) is 0 Å². The number of aromatic carboxylic acids is 1. The molecule has 1 aromatic carbocycles. The van der Waals surface area contributed by atoms with E-state index in [1.54, 1.807) is 0 Å². The van der Waals surface area contributed by atoms with Crippen molar-refractivity contribution in [3.05, 3.63) is 41.5 Å². The van der Waals surface area contributed by atoms with E-state index in [-0.39, 0.29) is 5.00 Å². The minimum atomic E-state index is -4.64. The number of thiophene rings is 1. The van der Waals surface area contributed by atoms with Gasteiger partial charge in [-0.25, -0.2) is 13.2 Å². The molecular formula is C16H14F3NO6S2. The van der Waals surface area contributed by atoms with Crippen molar-refractivity contribution in [2.75, 3.05) is 5.32 Å². The number of aliphatic hydroxyl groups is 1. The SMILES string of the molecule is CC(C)(O)C(=O)Nc1sc(S(=O)(=O)c2ccc(C(F)(F)F)cc2)cc1C(=O)O. The van der Waals surface area contributed by atoms with Crippen LogP contribution in [0.5, 0.6) is 0 Å². The fraction of sp³-hybridized carbons (Fsp3) is 0.250. The number of hydrogen-bond donors (Lipinski definition) is 3. The predicted octanol–water partition coefficient (Wildman–Crippen LogP) is 3.01. The quantitative estimate of drug-likeness (QED) is 0.661. The summed E-state index contributed by atoms with van der Waals surface area (Å²) in [7, 11) is -4.33. The molecule has 0 unspecified atom stereocenters. The van der Waals surface area contributed by atoms with Crippen LogP contribution >= 0.6 is 11.3 Å². The maximum absolute atomic E-state index is 12.6. The normalized spacial score (nSPS) is 12.6. The van der Waals surface area contributed by atoms with Crippen LogP contribution in [0.15, 0.2) is 39.4 Å². The number of carbonyl (C=O) groups excluding carboxylic acids is 1. The van der Waals surface area contributed by atoms with Crippen molar-refractivity contribution in [3.8, 4) is 0 Å². The first-order chi connectivity index (χ1) is 12.6. The highest BCUT2D eigenvalue weighted by molar-refractivity contribution is 7.93. The molecule has 3 N–H and O–H groups in total. The Morgan fingerprint density at radius 2 is 1.64 bits per heavy atom. The summed E-state index contributed by atoms with van der Waals surface area (Å²) in [5.41, 5.74) is -3.43. The smallest absolute Gasteiger partial charge is 0.416 e. The van der Waals surface area contributed by atoms with E-state index in [9.17, 15) is 41.4 Å². The maximum atomic E-state index is 12.6. The summed E-state index contributed by atoms with van der Waals surface area (Å²) in [6, 6.07) is 3.49. The average molecular weight is 437 g/mol. The number of alkyl halides is 3. The minimum absolute atomic E-state index is 0.329. The Balaban J connectivity index is 2.47. The number of carboxylic acids is 1. The number of nitrogens with one attached hydrogen (secondary N) is 1. The van der Waals surface area contributed by atoms with E-state index in [4.69, 9.17) is 0 Å². The van der Waals surface area contributed by atoms with Gasteiger partial charge in [0, 0.05) is 0 Å². The van der Waals surface area contributed by atoms with Crippen molar-refractivity contribution in [2.24, 2.45) is 0 Å². The number of amides is 1. The van der Waals surface area contributed by atoms with Gasteiger partial charge in [-0.2, -0.15) is 13.2 Å². The Bertz CT molecular complexity index is 1020. The van der Waals surface area contributed by atoms with Crippen LogP contribution in [0.1, 0.15) is 29.8 Å². The Labute approximate surface area is 161 Å². The first kappa shape index (κ1) is 21.9. The minimum Gasteiger partial charge on any atom is -0.478 e. The average Bonchev–Trinajstić information content (AvgIpc) is 2.98. The Hall–Kier alpha value is -2.44. The van der Waals surface area contributed by atoms with Gasteiger partial charge in [0.05, 0.1) is 16.0 Å². The number of halogens is 3. The summed E-state index contributed by atoms with van der Waals surface area (Å²) in [6.07, 6.45) is -4.64. The fourth-order valence-electron chi connectivity index (χ4n) is 1.95. The highest BCUT2D eigenvalue weighted by Crippen LogP contribution is 2.36. The zero-order valence-electron chi connectivity index (χ0n) is 14.4. The molecule has 0 saturated carbocycles. The van der Waals surface area contributed by atoms with E-state index in [1.807, 2.05) is 0 Å². The monoisotopic (exact) mass is 437 g/mol. The van der Waals surface area contributed by atoms with Crippen LogP contribution < -0.4 is 5.32 Å². The molecule has 0 fully saturated rings. The summed E-state index contributed by atoms with van der Waals surface area (Å²) in [5, 5.41) is 20.7. The number of anilines is 1. The number of benzene rings is 1. The summed E-state index contributed by atoms with van der Waals surface area (Å²) in [6.45, 7) is 2.30. The Morgan fingerprint density at radius 1 is 1.11 bits per heavy atom. The van der Waals surface area contributed by atoms with Crippen molar-refractivity contribution in [3.63, 3.8) is 0 Å². The van der Waals surface area contributed by atoms with E-state index >= 15 is 0 Å². The van der Waals surface area contributed by atoms with Crippen LogP contribution in [0.4, 0.5) is 18.2 Å². The summed E-state index contributed by atoms with van der Waals surface area (Å²) < 4.78 is 62.7. The number of carbonyl (C=O) groups is 2. The van der Waals surface area contributed by atoms with Crippen molar-refractivity contribution in [1.82, 2.24) is 0 Å². The lowest BCUT2D eigenvalue weighted by molar-refractivity contribution is -0.137. The second-order valence-corrected chi connectivity index (χ2v) is 9.38. The molecule has 1 aromatic heterocycles. The molecule has 0 aliphatic carbocycles. The van der Waals surface area contributed by atoms with Gasteiger partial charge in [0.15, 0.2) is 0 Å². The Morgan fingerprint density at radius 3 is 2.07 bits per heavy atom. The zero-order chi connectivity index (χ0) is 21.5. The van der Waals surface area contributed by atoms with Crippen molar-refractivity contribution in [2.45, 2.75) is 34.7 Å². The molecule has 0 aliphatic rings. The molecule has 0 bridgehead atoms. The van der Waals surface area contributed by atoms with Crippen LogP contribution in [-0.4, -0.2) is 36.1 Å². The van der Waals surface area contributed by atoms with Gasteiger partial charge in [-0.15, -0.1) is 11.3 Å². The number of rotatable bonds is 5. The largest absolute Gasteiger partial charge is 0.478 e. The van der Waals surface area contributed by atoms with E-state index < -0.39 is 53.7 Å². The lowest BCUT2D eigenvalue weighted by atomic mass is 10.1. The number of hydrogen-bond acceptors (Lipinski definition) is 6. The van der Waals surface area contributed by atoms with Crippen molar-refractivity contribution < 1.29 is 41.4 Å². The van der Waals surface area contributed by atoms with E-state index in [0.29, 0.717) is 23.5 Å². The Kier molecular flexibility index (Phi) is 5.61. The molecule has 0 saturated heterocycles. The van der Waals surface area contributed by atoms with Crippen LogP contribution in [0, 0.1) is 0 Å². The third-order valence-corrected chi connectivity index (χ3v) is 6.77. The van der Waals surface area contributed by atoms with Crippen LogP contribution in [0.25, 0.3) is 0 Å². The highest BCUT2D eigenvalue weighted by Gasteiger charge is 2.32. The van der Waals surface area contributed by atoms with Crippen LogP contribution in [-0.2, 0) is 20.8 Å². The predicted molar refractivity (Wildman–Crippen MR) is 93.1 cm³/mol. The molecule has 152 valence electrons. The third-order valence-electron chi connectivity index (χ3n) is 3.48. The third kappa shape index (κ3) is 4.51. The van der Waals surface area contributed by atoms with Gasteiger partial charge in [0.25, 0.3) is 5.91 Å². The van der Waals surface area contributed by atoms with Gasteiger partial charge in [-0.1, -0.05) is 0 Å². The fourth-order valence-corrected chi connectivity index (χ4v) is 4.70. The highest BCUT2D eigenvalue weighted by atomic mass is 32.2. The molecule has 12 heteroatoms. The molecule has 0 spiro atoms. The van der Waals surface area contributed by atoms with Crippen molar-refractivity contribution >= 4 is 38.1 Å². The topological polar surface area (TPSA) is 121 Å². The lowest BCUT2D eigenvalue weighted by Crippen LogP contribution is -2.36. The van der Waals surface area contributed by atoms with Crippen LogP contribution in [0.3, 0.4) is 0 Å². The first-order valence-electron chi connectivity index (χ1n) is 7.47. The number of carboxylic acid groups (broad SMARTS) is 1. The second kappa shape index (κ2) is 7.18. The molecule has 0 radical (unpaired) electrons. The standard InChI is InChI=1S/C16H14F3NO6S2/c1-15(2,24)14(23)20-12-10(13(21)22)7-11(27-12)28(25,26)9-5-3-8(4-6-9)16(17,18)19/h3-7,24H,1-2H3,(H,20,23)(H,21,22). The first-order valence-corrected chi connectivity index (χ1v) is 9.77. The second-order valence-electron chi connectivity index (χ2n) is 6.15. The molecular weight excluding hydrogens is 423 g/mol. The summed E-state index contributed by atoms with van der Waals surface area (Å²) in [5.74, 6) is -2.49. The summed E-state index contributed by atoms with van der Waals surface area (Å²) >= 11 is 0.410. The van der Waals surface area contributed by atoms with Gasteiger partial charge in [-0.3, -0.25) is 4.79 Å². The molecule has 2 rings (SSSR count). The van der Waals surface area contributed by atoms with Gasteiger partial charge in [0.1, 0.15) is 14.8 Å². The van der Waals surface area contributed by atoms with Gasteiger partial charge in [-0.05, 0) is 44.2 Å². The molecule has 28 heavy (non-hydrogen) atoms. The zero-order valence-corrected chi connectivity index (χ0v) is 16.0. The van der Waals surface area contributed by atoms with Crippen molar-refractivity contribution in [1.29, 1.82) is 0 Å². The molecule has 0 atom stereocenters. The molecule has 1 heterocycles.